The number of nitrogens with zero attached hydrogens (tertiary/aromatic N) is 2. The summed E-state index contributed by atoms with van der Waals surface area (Å²) in [6.45, 7) is 4.65. The van der Waals surface area contributed by atoms with Crippen LogP contribution in [0.4, 0.5) is 13.2 Å². The van der Waals surface area contributed by atoms with Crippen LogP contribution in [0.3, 0.4) is 0 Å². The van der Waals surface area contributed by atoms with Crippen LogP contribution in [0.15, 0.2) is 0 Å². The van der Waals surface area contributed by atoms with Gasteiger partial charge in [0.1, 0.15) is 0 Å². The van der Waals surface area contributed by atoms with Gasteiger partial charge in [-0.05, 0) is 44.3 Å². The zero-order valence-corrected chi connectivity index (χ0v) is 11.4. The maximum Gasteiger partial charge on any atom is 0.389 e. The van der Waals surface area contributed by atoms with Crippen molar-refractivity contribution in [2.75, 3.05) is 6.54 Å². The molecule has 104 valence electrons. The van der Waals surface area contributed by atoms with E-state index in [-0.39, 0.29) is 12.5 Å². The second-order valence-corrected chi connectivity index (χ2v) is 5.02. The molecule has 1 aromatic heterocycles. The Morgan fingerprint density at radius 3 is 2.61 bits per heavy atom. The number of alkyl halides is 3. The van der Waals surface area contributed by atoms with Crippen LogP contribution in [0.5, 0.6) is 0 Å². The van der Waals surface area contributed by atoms with Crippen LogP contribution < -0.4 is 5.32 Å². The molecule has 1 rings (SSSR count). The number of hydrogen-bond donors (Lipinski definition) is 1. The molecule has 3 nitrogen and oxygen atoms in total. The van der Waals surface area contributed by atoms with E-state index < -0.39 is 12.6 Å². The van der Waals surface area contributed by atoms with E-state index in [0.717, 1.165) is 23.5 Å². The summed E-state index contributed by atoms with van der Waals surface area (Å²) >= 11 is 1.26. The van der Waals surface area contributed by atoms with Gasteiger partial charge in [-0.15, -0.1) is 5.10 Å². The van der Waals surface area contributed by atoms with Crippen LogP contribution in [0, 0.1) is 6.92 Å². The molecule has 1 unspecified atom stereocenters. The first-order valence-corrected chi connectivity index (χ1v) is 6.80. The van der Waals surface area contributed by atoms with Crippen molar-refractivity contribution in [2.45, 2.75) is 51.7 Å². The number of halogens is 3. The van der Waals surface area contributed by atoms with Gasteiger partial charge in [-0.3, -0.25) is 0 Å². The smallest absolute Gasteiger partial charge is 0.309 e. The van der Waals surface area contributed by atoms with Crippen molar-refractivity contribution in [1.82, 2.24) is 14.9 Å². The Morgan fingerprint density at radius 2 is 2.11 bits per heavy atom. The molecule has 7 heteroatoms. The lowest BCUT2D eigenvalue weighted by atomic mass is 10.1. The monoisotopic (exact) mass is 281 g/mol. The van der Waals surface area contributed by atoms with Crippen LogP contribution in [0.25, 0.3) is 0 Å². The molecule has 0 saturated heterocycles. The molecule has 1 aromatic rings. The molecule has 0 aliphatic heterocycles. The number of hydrogen-bond acceptors (Lipinski definition) is 4. The van der Waals surface area contributed by atoms with Gasteiger partial charge in [0.25, 0.3) is 0 Å². The lowest BCUT2D eigenvalue weighted by Crippen LogP contribution is -2.22. The summed E-state index contributed by atoms with van der Waals surface area (Å²) in [6, 6.07) is -0.0627. The van der Waals surface area contributed by atoms with Crippen molar-refractivity contribution in [3.05, 3.63) is 10.6 Å². The fourth-order valence-corrected chi connectivity index (χ4v) is 2.46. The molecule has 0 aliphatic carbocycles. The molecule has 0 fully saturated rings. The molecule has 0 spiro atoms. The van der Waals surface area contributed by atoms with Gasteiger partial charge in [0.2, 0.25) is 0 Å². The highest BCUT2D eigenvalue weighted by Crippen LogP contribution is 2.28. The van der Waals surface area contributed by atoms with Crippen LogP contribution in [-0.2, 0) is 0 Å². The van der Waals surface area contributed by atoms with Gasteiger partial charge in [0.05, 0.1) is 10.6 Å². The predicted octanol–water partition coefficient (Wildman–Crippen LogP) is 3.62. The Bertz CT molecular complexity index is 352. The summed E-state index contributed by atoms with van der Waals surface area (Å²) in [5.74, 6) is 0. The molecule has 0 bridgehead atoms. The highest BCUT2D eigenvalue weighted by atomic mass is 32.1. The van der Waals surface area contributed by atoms with Crippen LogP contribution in [0.1, 0.15) is 49.2 Å². The third-order valence-corrected chi connectivity index (χ3v) is 3.54. The van der Waals surface area contributed by atoms with Gasteiger partial charge in [0.15, 0.2) is 0 Å². The number of aromatic nitrogens is 2. The van der Waals surface area contributed by atoms with Crippen molar-refractivity contribution >= 4 is 11.5 Å². The Hall–Kier alpha value is -0.690. The minimum absolute atomic E-state index is 0.0627. The van der Waals surface area contributed by atoms with E-state index in [1.165, 1.54) is 11.5 Å². The van der Waals surface area contributed by atoms with E-state index >= 15 is 0 Å². The number of rotatable bonds is 7. The summed E-state index contributed by atoms with van der Waals surface area (Å²) in [6.07, 6.45) is -3.27. The quantitative estimate of drug-likeness (QED) is 0.829. The van der Waals surface area contributed by atoms with Gasteiger partial charge >= 0.3 is 6.18 Å². The number of aryl methyl sites for hydroxylation is 1. The van der Waals surface area contributed by atoms with Gasteiger partial charge in [-0.1, -0.05) is 11.4 Å². The highest BCUT2D eigenvalue weighted by Gasteiger charge is 2.27. The van der Waals surface area contributed by atoms with E-state index in [9.17, 15) is 13.2 Å². The molecule has 0 amide bonds. The zero-order chi connectivity index (χ0) is 13.6. The molecule has 1 heterocycles. The average Bonchev–Trinajstić information content (AvgIpc) is 2.68. The van der Waals surface area contributed by atoms with E-state index in [0.29, 0.717) is 6.42 Å². The third-order valence-electron chi connectivity index (χ3n) is 2.60. The van der Waals surface area contributed by atoms with Crippen molar-refractivity contribution in [2.24, 2.45) is 0 Å². The summed E-state index contributed by atoms with van der Waals surface area (Å²) in [4.78, 5) is 0.950. The standard InChI is InChI=1S/C11H18F3N3S/c1-3-7-15-9(5-4-6-11(12,13)14)10-8(2)16-17-18-10/h9,15H,3-7H2,1-2H3. The summed E-state index contributed by atoms with van der Waals surface area (Å²) in [5.41, 5.74) is 0.806. The predicted molar refractivity (Wildman–Crippen MR) is 65.6 cm³/mol. The summed E-state index contributed by atoms with van der Waals surface area (Å²) in [7, 11) is 0. The Labute approximate surface area is 109 Å². The molecule has 0 aromatic carbocycles. The van der Waals surface area contributed by atoms with E-state index in [2.05, 4.69) is 14.9 Å². The van der Waals surface area contributed by atoms with Crippen molar-refractivity contribution in [3.63, 3.8) is 0 Å². The molecule has 1 atom stereocenters. The van der Waals surface area contributed by atoms with Gasteiger partial charge < -0.3 is 5.32 Å². The van der Waals surface area contributed by atoms with E-state index in [1.54, 1.807) is 0 Å². The Balaban J connectivity index is 2.54. The fourth-order valence-electron chi connectivity index (χ4n) is 1.71. The molecule has 1 N–H and O–H groups in total. The first-order chi connectivity index (χ1) is 8.44. The van der Waals surface area contributed by atoms with Crippen LogP contribution in [-0.4, -0.2) is 22.3 Å². The second kappa shape index (κ2) is 7.04. The largest absolute Gasteiger partial charge is 0.389 e. The second-order valence-electron chi connectivity index (χ2n) is 4.24. The van der Waals surface area contributed by atoms with Crippen LogP contribution in [0.2, 0.25) is 0 Å². The van der Waals surface area contributed by atoms with E-state index in [1.807, 2.05) is 13.8 Å². The molecular weight excluding hydrogens is 263 g/mol. The first kappa shape index (κ1) is 15.4. The molecule has 0 saturated carbocycles. The summed E-state index contributed by atoms with van der Waals surface area (Å²) in [5, 5.41) is 7.17. The highest BCUT2D eigenvalue weighted by molar-refractivity contribution is 7.05. The molecular formula is C11H18F3N3S. The normalized spacial score (nSPS) is 13.8. The maximum absolute atomic E-state index is 12.1. The SMILES string of the molecule is CCCNC(CCCC(F)(F)F)c1snnc1C. The lowest BCUT2D eigenvalue weighted by Gasteiger charge is -2.17. The lowest BCUT2D eigenvalue weighted by molar-refractivity contribution is -0.135. The minimum atomic E-state index is -4.07. The van der Waals surface area contributed by atoms with Gasteiger partial charge in [-0.2, -0.15) is 13.2 Å². The van der Waals surface area contributed by atoms with Crippen molar-refractivity contribution < 1.29 is 13.2 Å². The zero-order valence-electron chi connectivity index (χ0n) is 10.5. The van der Waals surface area contributed by atoms with Crippen molar-refractivity contribution in [1.29, 1.82) is 0 Å². The number of nitrogens with one attached hydrogen (secondary N) is 1. The third kappa shape index (κ3) is 5.30. The molecule has 18 heavy (non-hydrogen) atoms. The van der Waals surface area contributed by atoms with Gasteiger partial charge in [0, 0.05) is 12.5 Å². The Morgan fingerprint density at radius 1 is 1.39 bits per heavy atom. The maximum atomic E-state index is 12.1. The van der Waals surface area contributed by atoms with E-state index in [4.69, 9.17) is 0 Å². The topological polar surface area (TPSA) is 37.8 Å². The summed E-state index contributed by atoms with van der Waals surface area (Å²) < 4.78 is 40.2. The fraction of sp³-hybridized carbons (Fsp3) is 0.818. The Kier molecular flexibility index (Phi) is 6.01. The van der Waals surface area contributed by atoms with Gasteiger partial charge in [-0.25, -0.2) is 0 Å². The van der Waals surface area contributed by atoms with Crippen LogP contribution >= 0.6 is 11.5 Å². The average molecular weight is 281 g/mol. The first-order valence-electron chi connectivity index (χ1n) is 6.03. The molecule has 0 radical (unpaired) electrons. The minimum Gasteiger partial charge on any atom is -0.309 e. The van der Waals surface area contributed by atoms with Crippen molar-refractivity contribution in [3.8, 4) is 0 Å². The molecule has 0 aliphatic rings.